The van der Waals surface area contributed by atoms with Crippen LogP contribution in [0.5, 0.6) is 5.75 Å². The maximum Gasteiger partial charge on any atom is 0.344 e. The third-order valence-electron chi connectivity index (χ3n) is 4.29. The SMILES string of the molecule is CSc1ccc(C(=O)COC(=O)COc2cccc3ccccc23)cc1NC(C)=O. The summed E-state index contributed by atoms with van der Waals surface area (Å²) in [6, 6.07) is 18.2. The molecule has 154 valence electrons. The molecule has 7 heteroatoms. The van der Waals surface area contributed by atoms with Gasteiger partial charge in [0.2, 0.25) is 5.91 Å². The van der Waals surface area contributed by atoms with Crippen molar-refractivity contribution < 1.29 is 23.9 Å². The zero-order valence-corrected chi connectivity index (χ0v) is 17.5. The zero-order valence-electron chi connectivity index (χ0n) is 16.6. The molecule has 0 aliphatic carbocycles. The van der Waals surface area contributed by atoms with Gasteiger partial charge in [-0.25, -0.2) is 4.79 Å². The van der Waals surface area contributed by atoms with Crippen LogP contribution in [0.3, 0.4) is 0 Å². The van der Waals surface area contributed by atoms with E-state index in [1.54, 1.807) is 24.3 Å². The number of ether oxygens (including phenoxy) is 2. The largest absolute Gasteiger partial charge is 0.481 e. The van der Waals surface area contributed by atoms with Gasteiger partial charge in [0.05, 0.1) is 5.69 Å². The van der Waals surface area contributed by atoms with Gasteiger partial charge in [0.15, 0.2) is 19.0 Å². The molecule has 0 saturated heterocycles. The molecule has 6 nitrogen and oxygen atoms in total. The Hall–Kier alpha value is -3.32. The fourth-order valence-corrected chi connectivity index (χ4v) is 3.43. The van der Waals surface area contributed by atoms with E-state index in [0.29, 0.717) is 17.0 Å². The number of benzene rings is 3. The summed E-state index contributed by atoms with van der Waals surface area (Å²) in [4.78, 5) is 36.6. The third-order valence-corrected chi connectivity index (χ3v) is 5.09. The lowest BCUT2D eigenvalue weighted by molar-refractivity contribution is -0.144. The number of hydrogen-bond acceptors (Lipinski definition) is 6. The summed E-state index contributed by atoms with van der Waals surface area (Å²) in [5, 5.41) is 4.59. The minimum atomic E-state index is -0.640. The minimum Gasteiger partial charge on any atom is -0.481 e. The van der Waals surface area contributed by atoms with Gasteiger partial charge >= 0.3 is 5.97 Å². The van der Waals surface area contributed by atoms with Crippen molar-refractivity contribution in [3.63, 3.8) is 0 Å². The number of anilines is 1. The monoisotopic (exact) mass is 423 g/mol. The molecular weight excluding hydrogens is 402 g/mol. The molecule has 0 aliphatic rings. The summed E-state index contributed by atoms with van der Waals surface area (Å²) < 4.78 is 10.6. The van der Waals surface area contributed by atoms with Crippen molar-refractivity contribution in [1.29, 1.82) is 0 Å². The molecule has 0 aliphatic heterocycles. The van der Waals surface area contributed by atoms with Crippen LogP contribution in [0.2, 0.25) is 0 Å². The second-order valence-electron chi connectivity index (χ2n) is 6.45. The standard InChI is InChI=1S/C23H21NO5S/c1-15(25)24-19-12-17(10-11-22(19)30-2)20(26)13-29-23(27)14-28-21-9-5-7-16-6-3-4-8-18(16)21/h3-12H,13-14H2,1-2H3,(H,24,25). The fourth-order valence-electron chi connectivity index (χ4n) is 2.90. The van der Waals surface area contributed by atoms with Gasteiger partial charge < -0.3 is 14.8 Å². The second-order valence-corrected chi connectivity index (χ2v) is 7.29. The van der Waals surface area contributed by atoms with Gasteiger partial charge in [-0.2, -0.15) is 0 Å². The molecule has 3 aromatic carbocycles. The van der Waals surface area contributed by atoms with Crippen LogP contribution < -0.4 is 10.1 Å². The lowest BCUT2D eigenvalue weighted by Gasteiger charge is -2.11. The van der Waals surface area contributed by atoms with Crippen molar-refractivity contribution in [2.45, 2.75) is 11.8 Å². The first-order chi connectivity index (χ1) is 14.5. The molecule has 30 heavy (non-hydrogen) atoms. The van der Waals surface area contributed by atoms with Crippen molar-refractivity contribution in [3.8, 4) is 5.75 Å². The van der Waals surface area contributed by atoms with Gasteiger partial charge in [-0.3, -0.25) is 9.59 Å². The van der Waals surface area contributed by atoms with Gasteiger partial charge in [-0.15, -0.1) is 11.8 Å². The van der Waals surface area contributed by atoms with E-state index in [9.17, 15) is 14.4 Å². The van der Waals surface area contributed by atoms with E-state index in [4.69, 9.17) is 9.47 Å². The lowest BCUT2D eigenvalue weighted by Crippen LogP contribution is -2.19. The maximum atomic E-state index is 12.4. The van der Waals surface area contributed by atoms with Crippen LogP contribution in [0.4, 0.5) is 5.69 Å². The van der Waals surface area contributed by atoms with Crippen molar-refractivity contribution in [2.75, 3.05) is 24.8 Å². The van der Waals surface area contributed by atoms with Crippen LogP contribution in [0, 0.1) is 0 Å². The molecule has 3 rings (SSSR count). The summed E-state index contributed by atoms with van der Waals surface area (Å²) in [5.41, 5.74) is 0.894. The van der Waals surface area contributed by atoms with Crippen molar-refractivity contribution in [3.05, 3.63) is 66.2 Å². The average molecular weight is 423 g/mol. The number of Topliss-reactive ketones (excluding diaryl/α,β-unsaturated/α-hetero) is 1. The molecule has 0 heterocycles. The topological polar surface area (TPSA) is 81.7 Å². The van der Waals surface area contributed by atoms with E-state index in [-0.39, 0.29) is 18.3 Å². The summed E-state index contributed by atoms with van der Waals surface area (Å²) in [5.74, 6) is -0.664. The number of esters is 1. The minimum absolute atomic E-state index is 0.230. The number of thioether (sulfide) groups is 1. The first-order valence-corrected chi connectivity index (χ1v) is 10.5. The van der Waals surface area contributed by atoms with Gasteiger partial charge in [0.1, 0.15) is 5.75 Å². The molecule has 3 aromatic rings. The predicted molar refractivity (Wildman–Crippen MR) is 117 cm³/mol. The molecule has 0 atom stereocenters. The summed E-state index contributed by atoms with van der Waals surface area (Å²) in [6.07, 6.45) is 1.87. The average Bonchev–Trinajstić information content (AvgIpc) is 2.75. The quantitative estimate of drug-likeness (QED) is 0.330. The van der Waals surface area contributed by atoms with Crippen molar-refractivity contribution in [1.82, 2.24) is 0 Å². The third kappa shape index (κ3) is 5.39. The summed E-state index contributed by atoms with van der Waals surface area (Å²) in [6.45, 7) is 0.690. The number of rotatable bonds is 8. The van der Waals surface area contributed by atoms with E-state index in [1.807, 2.05) is 42.7 Å². The number of carbonyl (C=O) groups is 3. The van der Waals surface area contributed by atoms with Crippen LogP contribution in [0.1, 0.15) is 17.3 Å². The van der Waals surface area contributed by atoms with Crippen molar-refractivity contribution >= 4 is 45.9 Å². The van der Waals surface area contributed by atoms with Crippen LogP contribution in [0.25, 0.3) is 10.8 Å². The highest BCUT2D eigenvalue weighted by molar-refractivity contribution is 7.98. The first kappa shape index (κ1) is 21.4. The Balaban J connectivity index is 1.58. The van der Waals surface area contributed by atoms with Gasteiger partial charge in [-0.1, -0.05) is 42.5 Å². The Labute approximate surface area is 178 Å². The summed E-state index contributed by atoms with van der Waals surface area (Å²) in [7, 11) is 0. The molecular formula is C23H21NO5S. The van der Waals surface area contributed by atoms with Crippen LogP contribution in [-0.2, 0) is 14.3 Å². The molecule has 0 aromatic heterocycles. The highest BCUT2D eigenvalue weighted by atomic mass is 32.2. The molecule has 0 bridgehead atoms. The highest BCUT2D eigenvalue weighted by Crippen LogP contribution is 2.27. The molecule has 0 saturated carbocycles. The Morgan fingerprint density at radius 2 is 1.73 bits per heavy atom. The van der Waals surface area contributed by atoms with Gasteiger partial charge in [-0.05, 0) is 29.8 Å². The molecule has 0 unspecified atom stereocenters. The number of ketones is 1. The maximum absolute atomic E-state index is 12.4. The smallest absolute Gasteiger partial charge is 0.344 e. The van der Waals surface area contributed by atoms with Crippen LogP contribution in [-0.4, -0.2) is 37.1 Å². The predicted octanol–water partition coefficient (Wildman–Crippen LogP) is 4.33. The van der Waals surface area contributed by atoms with Gasteiger partial charge in [0.25, 0.3) is 0 Å². The van der Waals surface area contributed by atoms with Crippen LogP contribution in [0.15, 0.2) is 65.6 Å². The zero-order chi connectivity index (χ0) is 21.5. The Bertz CT molecular complexity index is 1090. The number of nitrogens with one attached hydrogen (secondary N) is 1. The van der Waals surface area contributed by atoms with E-state index < -0.39 is 12.6 Å². The Kier molecular flexibility index (Phi) is 7.08. The summed E-state index contributed by atoms with van der Waals surface area (Å²) >= 11 is 1.45. The normalized spacial score (nSPS) is 10.5. The molecule has 0 spiro atoms. The van der Waals surface area contributed by atoms with Gasteiger partial charge in [0, 0.05) is 22.8 Å². The molecule has 0 fully saturated rings. The number of fused-ring (bicyclic) bond motifs is 1. The van der Waals surface area contributed by atoms with Crippen molar-refractivity contribution in [2.24, 2.45) is 0 Å². The Morgan fingerprint density at radius 3 is 2.50 bits per heavy atom. The van der Waals surface area contributed by atoms with Crippen LogP contribution >= 0.6 is 11.8 Å². The molecule has 1 N–H and O–H groups in total. The van der Waals surface area contributed by atoms with E-state index >= 15 is 0 Å². The Morgan fingerprint density at radius 1 is 0.967 bits per heavy atom. The highest BCUT2D eigenvalue weighted by Gasteiger charge is 2.14. The van der Waals surface area contributed by atoms with E-state index in [1.165, 1.54) is 18.7 Å². The van der Waals surface area contributed by atoms with E-state index in [0.717, 1.165) is 15.7 Å². The second kappa shape index (κ2) is 9.93. The number of hydrogen-bond donors (Lipinski definition) is 1. The number of carbonyl (C=O) groups excluding carboxylic acids is 3. The van der Waals surface area contributed by atoms with E-state index in [2.05, 4.69) is 5.32 Å². The molecule has 1 amide bonds. The number of amides is 1. The fraction of sp³-hybridized carbons (Fsp3) is 0.174. The lowest BCUT2D eigenvalue weighted by atomic mass is 10.1. The first-order valence-electron chi connectivity index (χ1n) is 9.23. The molecule has 0 radical (unpaired) electrons.